The Morgan fingerprint density at radius 2 is 1.82 bits per heavy atom. The van der Waals surface area contributed by atoms with E-state index in [0.29, 0.717) is 42.9 Å². The number of aromatic nitrogens is 1. The number of halogens is 2. The van der Waals surface area contributed by atoms with Crippen molar-refractivity contribution < 1.29 is 14.3 Å². The van der Waals surface area contributed by atoms with Crippen molar-refractivity contribution in [3.63, 3.8) is 0 Å². The molecule has 0 fully saturated rings. The van der Waals surface area contributed by atoms with E-state index < -0.39 is 6.04 Å². The Kier molecular flexibility index (Phi) is 12.3. The van der Waals surface area contributed by atoms with Gasteiger partial charge in [0.05, 0.1) is 12.6 Å². The molecule has 0 spiro atoms. The van der Waals surface area contributed by atoms with Gasteiger partial charge >= 0.3 is 0 Å². The minimum absolute atomic E-state index is 0. The number of rotatable bonds is 9. The third-order valence-corrected chi connectivity index (χ3v) is 3.69. The van der Waals surface area contributed by atoms with Crippen LogP contribution >= 0.6 is 24.8 Å². The molecule has 0 radical (unpaired) electrons. The summed E-state index contributed by atoms with van der Waals surface area (Å²) < 4.78 is 11.3. The zero-order chi connectivity index (χ0) is 18.9. The number of para-hydroxylation sites is 2. The highest BCUT2D eigenvalue weighted by Gasteiger charge is 2.14. The lowest BCUT2D eigenvalue weighted by Gasteiger charge is -2.14. The molecule has 0 aliphatic heterocycles. The first-order valence-electron chi connectivity index (χ1n) is 8.87. The monoisotopic (exact) mass is 429 g/mol. The summed E-state index contributed by atoms with van der Waals surface area (Å²) in [4.78, 5) is 16.2. The number of benzene rings is 1. The molecule has 28 heavy (non-hydrogen) atoms. The van der Waals surface area contributed by atoms with Crippen molar-refractivity contribution >= 4 is 30.7 Å². The van der Waals surface area contributed by atoms with Gasteiger partial charge in [-0.3, -0.25) is 4.79 Å². The van der Waals surface area contributed by atoms with E-state index in [1.807, 2.05) is 51.1 Å². The Balaban J connectivity index is 0.00000364. The van der Waals surface area contributed by atoms with E-state index in [2.05, 4.69) is 10.3 Å². The molecule has 1 aromatic heterocycles. The van der Waals surface area contributed by atoms with E-state index in [9.17, 15) is 4.79 Å². The standard InChI is InChI=1S/C20H27N3O3.2ClH/c1-4-25-17-7-5-6-8-18(17)26-19-10-9-15(12-22-19)13-23-20(24)16(21)11-14(2)3;;/h5-10,12,14,16H,4,11,13,21H2,1-3H3,(H,23,24);2*1H/t16-;;/m0../s1. The Bertz CT molecular complexity index is 712. The quantitative estimate of drug-likeness (QED) is 0.626. The van der Waals surface area contributed by atoms with E-state index in [1.165, 1.54) is 0 Å². The number of carbonyl (C=O) groups excluding carboxylic acids is 1. The number of amides is 1. The second kappa shape index (κ2) is 13.2. The minimum atomic E-state index is -0.486. The van der Waals surface area contributed by atoms with Gasteiger partial charge in [-0.2, -0.15) is 0 Å². The Hall–Kier alpha value is -2.02. The Morgan fingerprint density at radius 1 is 1.14 bits per heavy atom. The summed E-state index contributed by atoms with van der Waals surface area (Å²) >= 11 is 0. The van der Waals surface area contributed by atoms with Gasteiger partial charge in [0.25, 0.3) is 0 Å². The average Bonchev–Trinajstić information content (AvgIpc) is 2.62. The third-order valence-electron chi connectivity index (χ3n) is 3.69. The van der Waals surface area contributed by atoms with Gasteiger partial charge in [-0.05, 0) is 37.0 Å². The molecular weight excluding hydrogens is 401 g/mol. The number of carbonyl (C=O) groups is 1. The number of pyridine rings is 1. The summed E-state index contributed by atoms with van der Waals surface area (Å²) in [6, 6.07) is 10.6. The van der Waals surface area contributed by atoms with Crippen molar-refractivity contribution in [2.75, 3.05) is 6.61 Å². The van der Waals surface area contributed by atoms with Crippen molar-refractivity contribution in [2.45, 2.75) is 39.8 Å². The lowest BCUT2D eigenvalue weighted by molar-refractivity contribution is -0.122. The van der Waals surface area contributed by atoms with Crippen molar-refractivity contribution in [2.24, 2.45) is 11.7 Å². The molecule has 8 heteroatoms. The fraction of sp³-hybridized carbons (Fsp3) is 0.400. The number of hydrogen-bond acceptors (Lipinski definition) is 5. The summed E-state index contributed by atoms with van der Waals surface area (Å²) in [6.45, 7) is 6.95. The zero-order valence-corrected chi connectivity index (χ0v) is 18.0. The first kappa shape index (κ1) is 26.0. The van der Waals surface area contributed by atoms with Crippen LogP contribution in [0.25, 0.3) is 0 Å². The van der Waals surface area contributed by atoms with E-state index >= 15 is 0 Å². The maximum absolute atomic E-state index is 12.0. The van der Waals surface area contributed by atoms with Crippen LogP contribution in [0, 0.1) is 5.92 Å². The third kappa shape index (κ3) is 8.33. The molecule has 2 aromatic rings. The second-order valence-corrected chi connectivity index (χ2v) is 6.44. The van der Waals surface area contributed by atoms with Crippen molar-refractivity contribution in [1.29, 1.82) is 0 Å². The van der Waals surface area contributed by atoms with Crippen molar-refractivity contribution in [3.05, 3.63) is 48.2 Å². The van der Waals surface area contributed by atoms with Gasteiger partial charge < -0.3 is 20.5 Å². The van der Waals surface area contributed by atoms with Gasteiger partial charge in [0.1, 0.15) is 0 Å². The van der Waals surface area contributed by atoms with Crippen molar-refractivity contribution in [1.82, 2.24) is 10.3 Å². The molecule has 0 bridgehead atoms. The lowest BCUT2D eigenvalue weighted by Crippen LogP contribution is -2.41. The maximum Gasteiger partial charge on any atom is 0.237 e. The van der Waals surface area contributed by atoms with Crippen LogP contribution in [0.1, 0.15) is 32.8 Å². The van der Waals surface area contributed by atoms with E-state index in [0.717, 1.165) is 5.56 Å². The van der Waals surface area contributed by atoms with Crippen LogP contribution in [-0.2, 0) is 11.3 Å². The summed E-state index contributed by atoms with van der Waals surface area (Å²) in [5.41, 5.74) is 6.75. The fourth-order valence-corrected chi connectivity index (χ4v) is 2.43. The largest absolute Gasteiger partial charge is 0.490 e. The van der Waals surface area contributed by atoms with E-state index in [1.54, 1.807) is 12.3 Å². The predicted molar refractivity (Wildman–Crippen MR) is 116 cm³/mol. The molecule has 2 rings (SSSR count). The molecule has 6 nitrogen and oxygen atoms in total. The summed E-state index contributed by atoms with van der Waals surface area (Å²) in [5.74, 6) is 1.98. The van der Waals surface area contributed by atoms with Crippen LogP contribution in [0.5, 0.6) is 17.4 Å². The molecule has 1 atom stereocenters. The molecule has 1 aromatic carbocycles. The highest BCUT2D eigenvalue weighted by Crippen LogP contribution is 2.30. The maximum atomic E-state index is 12.0. The number of nitrogens with two attached hydrogens (primary N) is 1. The zero-order valence-electron chi connectivity index (χ0n) is 16.4. The first-order chi connectivity index (χ1) is 12.5. The number of nitrogens with one attached hydrogen (secondary N) is 1. The highest BCUT2D eigenvalue weighted by atomic mass is 35.5. The molecule has 0 unspecified atom stereocenters. The number of hydrogen-bond donors (Lipinski definition) is 2. The van der Waals surface area contributed by atoms with E-state index in [-0.39, 0.29) is 30.7 Å². The summed E-state index contributed by atoms with van der Waals surface area (Å²) in [5, 5.41) is 2.83. The van der Waals surface area contributed by atoms with E-state index in [4.69, 9.17) is 15.2 Å². The van der Waals surface area contributed by atoms with Gasteiger partial charge in [0.2, 0.25) is 11.8 Å². The fourth-order valence-electron chi connectivity index (χ4n) is 2.43. The van der Waals surface area contributed by atoms with Crippen LogP contribution < -0.4 is 20.5 Å². The van der Waals surface area contributed by atoms with Crippen LogP contribution in [0.4, 0.5) is 0 Å². The summed E-state index contributed by atoms with van der Waals surface area (Å²) in [6.07, 6.45) is 2.34. The lowest BCUT2D eigenvalue weighted by atomic mass is 10.0. The Labute approximate surface area is 179 Å². The molecule has 0 saturated carbocycles. The van der Waals surface area contributed by atoms with Gasteiger partial charge in [0, 0.05) is 18.8 Å². The van der Waals surface area contributed by atoms with Crippen LogP contribution in [0.15, 0.2) is 42.6 Å². The van der Waals surface area contributed by atoms with Gasteiger partial charge in [-0.25, -0.2) is 4.98 Å². The topological polar surface area (TPSA) is 86.5 Å². The predicted octanol–water partition coefficient (Wildman–Crippen LogP) is 4.11. The SMILES string of the molecule is CCOc1ccccc1Oc1ccc(CNC(=O)[C@@H](N)CC(C)C)cn1.Cl.Cl. The summed E-state index contributed by atoms with van der Waals surface area (Å²) in [7, 11) is 0. The normalized spacial score (nSPS) is 11.0. The minimum Gasteiger partial charge on any atom is -0.490 e. The number of nitrogens with zero attached hydrogens (tertiary/aromatic N) is 1. The smallest absolute Gasteiger partial charge is 0.237 e. The molecule has 3 N–H and O–H groups in total. The van der Waals surface area contributed by atoms with Crippen LogP contribution in [0.2, 0.25) is 0 Å². The first-order valence-corrected chi connectivity index (χ1v) is 8.87. The van der Waals surface area contributed by atoms with Crippen LogP contribution in [-0.4, -0.2) is 23.5 Å². The molecule has 0 aliphatic rings. The molecule has 1 amide bonds. The molecule has 156 valence electrons. The molecule has 0 aliphatic carbocycles. The van der Waals surface area contributed by atoms with Crippen molar-refractivity contribution in [3.8, 4) is 17.4 Å². The molecule has 1 heterocycles. The highest BCUT2D eigenvalue weighted by molar-refractivity contribution is 5.85. The van der Waals surface area contributed by atoms with Gasteiger partial charge in [-0.1, -0.05) is 32.0 Å². The van der Waals surface area contributed by atoms with Gasteiger partial charge in [-0.15, -0.1) is 24.8 Å². The van der Waals surface area contributed by atoms with Crippen LogP contribution in [0.3, 0.4) is 0 Å². The average molecular weight is 430 g/mol. The number of ether oxygens (including phenoxy) is 2. The molecular formula is C20H29Cl2N3O3. The van der Waals surface area contributed by atoms with Gasteiger partial charge in [0.15, 0.2) is 11.5 Å². The second-order valence-electron chi connectivity index (χ2n) is 6.44. The Morgan fingerprint density at radius 3 is 2.39 bits per heavy atom. The molecule has 0 saturated heterocycles.